The third-order valence-electron chi connectivity index (χ3n) is 4.89. The molecule has 4 aromatic carbocycles. The maximum absolute atomic E-state index is 6.10. The molecule has 0 spiro atoms. The van der Waals surface area contributed by atoms with Gasteiger partial charge in [-0.3, -0.25) is 0 Å². The van der Waals surface area contributed by atoms with Gasteiger partial charge in [0.2, 0.25) is 0 Å². The molecule has 110 valence electrons. The third-order valence-corrected chi connectivity index (χ3v) is 4.89. The minimum absolute atomic E-state index is 0.807. The average molecular weight is 296 g/mol. The van der Waals surface area contributed by atoms with Crippen LogP contribution < -0.4 is 5.73 Å². The van der Waals surface area contributed by atoms with Crippen molar-refractivity contribution in [2.24, 2.45) is 7.05 Å². The van der Waals surface area contributed by atoms with Crippen LogP contribution in [0.2, 0.25) is 0 Å². The highest BCUT2D eigenvalue weighted by Gasteiger charge is 2.12. The number of fused-ring (bicyclic) bond motifs is 8. The van der Waals surface area contributed by atoms with E-state index in [1.807, 2.05) is 6.07 Å². The summed E-state index contributed by atoms with van der Waals surface area (Å²) in [6.45, 7) is 0. The number of benzene rings is 4. The Morgan fingerprint density at radius 3 is 2.22 bits per heavy atom. The van der Waals surface area contributed by atoms with E-state index in [4.69, 9.17) is 5.73 Å². The van der Waals surface area contributed by atoms with Crippen molar-refractivity contribution < 1.29 is 0 Å². The van der Waals surface area contributed by atoms with Crippen LogP contribution in [0.1, 0.15) is 0 Å². The largest absolute Gasteiger partial charge is 0.399 e. The second-order valence-corrected chi connectivity index (χ2v) is 6.20. The zero-order valence-corrected chi connectivity index (χ0v) is 12.9. The molecule has 1 heterocycles. The van der Waals surface area contributed by atoms with Crippen molar-refractivity contribution in [3.8, 4) is 0 Å². The molecule has 5 rings (SSSR count). The first-order valence-electron chi connectivity index (χ1n) is 7.82. The molecule has 5 aromatic rings. The Labute approximate surface area is 133 Å². The molecular formula is C21H16N2. The van der Waals surface area contributed by atoms with Gasteiger partial charge in [-0.15, -0.1) is 0 Å². The predicted molar refractivity (Wildman–Crippen MR) is 99.8 cm³/mol. The van der Waals surface area contributed by atoms with Gasteiger partial charge in [-0.25, -0.2) is 0 Å². The van der Waals surface area contributed by atoms with Crippen LogP contribution >= 0.6 is 0 Å². The molecule has 1 aromatic heterocycles. The maximum Gasteiger partial charge on any atom is 0.0484 e. The summed E-state index contributed by atoms with van der Waals surface area (Å²) < 4.78 is 2.17. The monoisotopic (exact) mass is 296 g/mol. The molecule has 0 radical (unpaired) electrons. The number of hydrogen-bond acceptors (Lipinski definition) is 1. The lowest BCUT2D eigenvalue weighted by molar-refractivity contribution is 0.969. The van der Waals surface area contributed by atoms with Crippen molar-refractivity contribution >= 4 is 48.9 Å². The van der Waals surface area contributed by atoms with Crippen molar-refractivity contribution in [3.05, 3.63) is 66.9 Å². The second-order valence-electron chi connectivity index (χ2n) is 6.20. The van der Waals surface area contributed by atoms with Crippen LogP contribution in [0.3, 0.4) is 0 Å². The molecule has 0 aliphatic carbocycles. The Hall–Kier alpha value is -3.00. The smallest absolute Gasteiger partial charge is 0.0484 e. The summed E-state index contributed by atoms with van der Waals surface area (Å²) in [7, 11) is 2.09. The fraction of sp³-hybridized carbons (Fsp3) is 0.0476. The normalized spacial score (nSPS) is 11.9. The van der Waals surface area contributed by atoms with E-state index >= 15 is 0 Å². The van der Waals surface area contributed by atoms with Crippen molar-refractivity contribution in [2.45, 2.75) is 0 Å². The van der Waals surface area contributed by atoms with E-state index in [-0.39, 0.29) is 0 Å². The summed E-state index contributed by atoms with van der Waals surface area (Å²) in [5.41, 5.74) is 8.16. The summed E-state index contributed by atoms with van der Waals surface area (Å²) in [6, 6.07) is 21.5. The van der Waals surface area contributed by atoms with Crippen molar-refractivity contribution in [2.75, 3.05) is 5.73 Å². The lowest BCUT2D eigenvalue weighted by Crippen LogP contribution is -1.89. The Balaban J connectivity index is 2.22. The molecule has 23 heavy (non-hydrogen) atoms. The molecular weight excluding hydrogens is 280 g/mol. The van der Waals surface area contributed by atoms with Crippen LogP contribution in [0.4, 0.5) is 5.69 Å². The van der Waals surface area contributed by atoms with E-state index < -0.39 is 0 Å². The molecule has 0 unspecified atom stereocenters. The van der Waals surface area contributed by atoms with E-state index in [0.29, 0.717) is 0 Å². The number of aromatic nitrogens is 1. The zero-order chi connectivity index (χ0) is 15.6. The fourth-order valence-electron chi connectivity index (χ4n) is 3.82. The van der Waals surface area contributed by atoms with Crippen LogP contribution in [0.15, 0.2) is 66.9 Å². The highest BCUT2D eigenvalue weighted by molar-refractivity contribution is 6.31. The molecule has 0 amide bonds. The van der Waals surface area contributed by atoms with Crippen molar-refractivity contribution in [1.29, 1.82) is 0 Å². The first-order valence-corrected chi connectivity index (χ1v) is 7.82. The van der Waals surface area contributed by atoms with Crippen molar-refractivity contribution in [1.82, 2.24) is 4.57 Å². The van der Waals surface area contributed by atoms with Crippen LogP contribution in [-0.4, -0.2) is 4.57 Å². The van der Waals surface area contributed by atoms with Crippen molar-refractivity contribution in [3.63, 3.8) is 0 Å². The SMILES string of the molecule is Cn1ccc2c3c(ccc21)c1ccccc1c1ccc(N)cc13. The first-order chi connectivity index (χ1) is 11.2. The Morgan fingerprint density at radius 1 is 0.696 bits per heavy atom. The van der Waals surface area contributed by atoms with E-state index in [1.54, 1.807) is 0 Å². The minimum Gasteiger partial charge on any atom is -0.399 e. The number of nitrogens with two attached hydrogens (primary N) is 1. The standard InChI is InChI=1S/C21H16N2/c1-23-11-10-18-20(23)9-8-17-15-5-3-2-4-14(15)16-7-6-13(22)12-19(16)21(17)18/h2-12H,22H2,1H3. The molecule has 2 N–H and O–H groups in total. The molecule has 2 nitrogen and oxygen atoms in total. The van der Waals surface area contributed by atoms with Crippen LogP contribution in [0.5, 0.6) is 0 Å². The Kier molecular flexibility index (Phi) is 2.32. The zero-order valence-electron chi connectivity index (χ0n) is 12.9. The molecule has 2 heteroatoms. The van der Waals surface area contributed by atoms with Gasteiger partial charge in [-0.1, -0.05) is 36.4 Å². The summed E-state index contributed by atoms with van der Waals surface area (Å²) >= 11 is 0. The van der Waals surface area contributed by atoms with Crippen LogP contribution in [0, 0.1) is 0 Å². The molecule has 0 aliphatic rings. The van der Waals surface area contributed by atoms with E-state index in [1.165, 1.54) is 43.2 Å². The quantitative estimate of drug-likeness (QED) is 0.308. The summed E-state index contributed by atoms with van der Waals surface area (Å²) in [4.78, 5) is 0. The molecule has 0 saturated carbocycles. The van der Waals surface area contributed by atoms with E-state index in [9.17, 15) is 0 Å². The minimum atomic E-state index is 0.807. The predicted octanol–water partition coefficient (Wildman–Crippen LogP) is 5.22. The number of rotatable bonds is 0. The topological polar surface area (TPSA) is 30.9 Å². The highest BCUT2D eigenvalue weighted by Crippen LogP contribution is 2.39. The number of nitrogen functional groups attached to an aromatic ring is 1. The van der Waals surface area contributed by atoms with Gasteiger partial charge in [0.25, 0.3) is 0 Å². The summed E-state index contributed by atoms with van der Waals surface area (Å²) in [5.74, 6) is 0. The van der Waals surface area contributed by atoms with Gasteiger partial charge in [-0.2, -0.15) is 0 Å². The highest BCUT2D eigenvalue weighted by atomic mass is 14.9. The van der Waals surface area contributed by atoms with Gasteiger partial charge in [-0.05, 0) is 56.6 Å². The van der Waals surface area contributed by atoms with Gasteiger partial charge in [0.1, 0.15) is 0 Å². The number of anilines is 1. The second kappa shape index (κ2) is 4.26. The number of nitrogens with zero attached hydrogens (tertiary/aromatic N) is 1. The molecule has 0 bridgehead atoms. The fourth-order valence-corrected chi connectivity index (χ4v) is 3.82. The molecule has 0 fully saturated rings. The van der Waals surface area contributed by atoms with Gasteiger partial charge >= 0.3 is 0 Å². The van der Waals surface area contributed by atoms with E-state index in [2.05, 4.69) is 72.4 Å². The molecule has 0 atom stereocenters. The lowest BCUT2D eigenvalue weighted by atomic mass is 9.92. The molecule has 0 saturated heterocycles. The van der Waals surface area contributed by atoms with Crippen LogP contribution in [0.25, 0.3) is 43.2 Å². The Bertz CT molecular complexity index is 1230. The maximum atomic E-state index is 6.10. The number of hydrogen-bond donors (Lipinski definition) is 1. The van der Waals surface area contributed by atoms with Crippen LogP contribution in [-0.2, 0) is 7.05 Å². The first kappa shape index (κ1) is 12.5. The summed E-state index contributed by atoms with van der Waals surface area (Å²) in [6.07, 6.45) is 2.12. The number of aryl methyl sites for hydroxylation is 1. The lowest BCUT2D eigenvalue weighted by Gasteiger charge is -2.12. The third kappa shape index (κ3) is 1.58. The molecule has 0 aliphatic heterocycles. The van der Waals surface area contributed by atoms with Gasteiger partial charge in [0.15, 0.2) is 0 Å². The van der Waals surface area contributed by atoms with E-state index in [0.717, 1.165) is 5.69 Å². The van der Waals surface area contributed by atoms with Gasteiger partial charge < -0.3 is 10.3 Å². The van der Waals surface area contributed by atoms with Gasteiger partial charge in [0, 0.05) is 29.8 Å². The summed E-state index contributed by atoms with van der Waals surface area (Å²) in [5, 5.41) is 8.94. The van der Waals surface area contributed by atoms with Gasteiger partial charge in [0.05, 0.1) is 0 Å². The Morgan fingerprint density at radius 2 is 1.39 bits per heavy atom. The average Bonchev–Trinajstić information content (AvgIpc) is 2.96.